The summed E-state index contributed by atoms with van der Waals surface area (Å²) in [6.45, 7) is 5.95. The smallest absolute Gasteiger partial charge is 0.328 e. The molecule has 0 spiro atoms. The number of carboxylic acid groups (broad SMARTS) is 1. The van der Waals surface area contributed by atoms with Gasteiger partial charge in [0.2, 0.25) is 0 Å². The van der Waals surface area contributed by atoms with Crippen LogP contribution in [0.15, 0.2) is 24.3 Å². The lowest BCUT2D eigenvalue weighted by atomic mass is 10.0. The van der Waals surface area contributed by atoms with Gasteiger partial charge in [-0.05, 0) is 43.0 Å². The highest BCUT2D eigenvalue weighted by atomic mass is 19.1. The number of benzene rings is 1. The third-order valence-electron chi connectivity index (χ3n) is 2.86. The first-order valence-electron chi connectivity index (χ1n) is 6.81. The van der Waals surface area contributed by atoms with Crippen molar-refractivity contribution >= 4 is 18.0 Å². The predicted octanol–water partition coefficient (Wildman–Crippen LogP) is 3.09. The summed E-state index contributed by atoms with van der Waals surface area (Å²) in [7, 11) is 0. The van der Waals surface area contributed by atoms with E-state index in [4.69, 9.17) is 5.11 Å². The van der Waals surface area contributed by atoms with Gasteiger partial charge in [-0.3, -0.25) is 4.79 Å². The first kappa shape index (κ1) is 16.9. The summed E-state index contributed by atoms with van der Waals surface area (Å²) in [5, 5.41) is 11.3. The largest absolute Gasteiger partial charge is 0.478 e. The van der Waals surface area contributed by atoms with Crippen molar-refractivity contribution in [1.29, 1.82) is 0 Å². The van der Waals surface area contributed by atoms with Gasteiger partial charge in [-0.1, -0.05) is 19.9 Å². The number of hydrogen-bond donors (Lipinski definition) is 2. The Kier molecular flexibility index (Phi) is 6.09. The van der Waals surface area contributed by atoms with Crippen molar-refractivity contribution in [3.8, 4) is 0 Å². The molecule has 1 aromatic rings. The maximum absolute atomic E-state index is 13.7. The minimum atomic E-state index is -1.10. The van der Waals surface area contributed by atoms with Gasteiger partial charge in [0.25, 0.3) is 5.91 Å². The van der Waals surface area contributed by atoms with Crippen LogP contribution in [0, 0.1) is 11.7 Å². The van der Waals surface area contributed by atoms with E-state index in [0.29, 0.717) is 11.5 Å². The molecule has 1 amide bonds. The number of aliphatic carboxylic acids is 1. The van der Waals surface area contributed by atoms with Crippen LogP contribution in [-0.4, -0.2) is 23.0 Å². The van der Waals surface area contributed by atoms with Crippen LogP contribution in [0.4, 0.5) is 4.39 Å². The van der Waals surface area contributed by atoms with Gasteiger partial charge in [-0.2, -0.15) is 0 Å². The summed E-state index contributed by atoms with van der Waals surface area (Å²) in [5.74, 6) is -1.80. The van der Waals surface area contributed by atoms with Crippen LogP contribution in [0.1, 0.15) is 43.1 Å². The lowest BCUT2D eigenvalue weighted by Crippen LogP contribution is -2.34. The monoisotopic (exact) mass is 293 g/mol. The zero-order valence-corrected chi connectivity index (χ0v) is 12.4. The Hall–Kier alpha value is -2.17. The van der Waals surface area contributed by atoms with Gasteiger partial charge in [-0.15, -0.1) is 0 Å². The van der Waals surface area contributed by atoms with Crippen LogP contribution >= 0.6 is 0 Å². The highest BCUT2D eigenvalue weighted by Gasteiger charge is 2.15. The Morgan fingerprint density at radius 1 is 1.33 bits per heavy atom. The quantitative estimate of drug-likeness (QED) is 0.792. The highest BCUT2D eigenvalue weighted by Crippen LogP contribution is 2.13. The lowest BCUT2D eigenvalue weighted by molar-refractivity contribution is -0.131. The zero-order valence-electron chi connectivity index (χ0n) is 12.4. The molecule has 1 aromatic carbocycles. The standard InChI is InChI=1S/C16H20FNO3/c1-10(2)8-11(3)18-16(21)13-9-12(4-6-14(13)17)5-7-15(19)20/h4-7,9-11H,8H2,1-3H3,(H,18,21)(H,19,20). The van der Waals surface area contributed by atoms with Crippen LogP contribution in [0.25, 0.3) is 6.08 Å². The van der Waals surface area contributed by atoms with Crippen LogP contribution < -0.4 is 5.32 Å². The summed E-state index contributed by atoms with van der Waals surface area (Å²) >= 11 is 0. The summed E-state index contributed by atoms with van der Waals surface area (Å²) < 4.78 is 13.7. The Bertz CT molecular complexity index is 552. The van der Waals surface area contributed by atoms with Crippen LogP contribution in [0.2, 0.25) is 0 Å². The van der Waals surface area contributed by atoms with E-state index < -0.39 is 17.7 Å². The Morgan fingerprint density at radius 2 is 2.00 bits per heavy atom. The average Bonchev–Trinajstić information content (AvgIpc) is 2.36. The van der Waals surface area contributed by atoms with Gasteiger partial charge in [-0.25, -0.2) is 9.18 Å². The van der Waals surface area contributed by atoms with Gasteiger partial charge in [0.05, 0.1) is 5.56 Å². The van der Waals surface area contributed by atoms with Crippen molar-refractivity contribution in [3.63, 3.8) is 0 Å². The van der Waals surface area contributed by atoms with Crippen molar-refractivity contribution in [1.82, 2.24) is 5.32 Å². The summed E-state index contributed by atoms with van der Waals surface area (Å²) in [4.78, 5) is 22.5. The molecule has 1 unspecified atom stereocenters. The van der Waals surface area contributed by atoms with Crippen molar-refractivity contribution in [2.75, 3.05) is 0 Å². The molecule has 114 valence electrons. The van der Waals surface area contributed by atoms with Gasteiger partial charge in [0.1, 0.15) is 5.82 Å². The molecule has 4 nitrogen and oxygen atoms in total. The molecule has 0 heterocycles. The minimum absolute atomic E-state index is 0.0601. The van der Waals surface area contributed by atoms with Crippen LogP contribution in [0.3, 0.4) is 0 Å². The third-order valence-corrected chi connectivity index (χ3v) is 2.86. The summed E-state index contributed by atoms with van der Waals surface area (Å²) in [6.07, 6.45) is 3.05. The van der Waals surface area contributed by atoms with E-state index >= 15 is 0 Å². The average molecular weight is 293 g/mol. The van der Waals surface area contributed by atoms with E-state index in [0.717, 1.165) is 18.6 Å². The topological polar surface area (TPSA) is 66.4 Å². The fourth-order valence-electron chi connectivity index (χ4n) is 2.06. The maximum atomic E-state index is 13.7. The van der Waals surface area contributed by atoms with E-state index in [9.17, 15) is 14.0 Å². The molecule has 1 rings (SSSR count). The molecule has 0 bridgehead atoms. The highest BCUT2D eigenvalue weighted by molar-refractivity contribution is 5.95. The molecule has 0 fully saturated rings. The molecule has 0 aliphatic heterocycles. The Balaban J connectivity index is 2.88. The Morgan fingerprint density at radius 3 is 2.57 bits per heavy atom. The number of rotatable bonds is 6. The number of nitrogens with one attached hydrogen (secondary N) is 1. The Labute approximate surface area is 123 Å². The summed E-state index contributed by atoms with van der Waals surface area (Å²) in [6, 6.07) is 3.86. The molecule has 0 aliphatic rings. The van der Waals surface area contributed by atoms with Gasteiger partial charge in [0.15, 0.2) is 0 Å². The first-order chi connectivity index (χ1) is 9.79. The third kappa shape index (κ3) is 5.77. The second-order valence-electron chi connectivity index (χ2n) is 5.41. The molecule has 0 saturated carbocycles. The van der Waals surface area contributed by atoms with Gasteiger partial charge in [0, 0.05) is 12.1 Å². The molecule has 0 radical (unpaired) electrons. The predicted molar refractivity (Wildman–Crippen MR) is 79.5 cm³/mol. The van der Waals surface area contributed by atoms with Gasteiger partial charge >= 0.3 is 5.97 Å². The number of halogens is 1. The molecular formula is C16H20FNO3. The van der Waals surface area contributed by atoms with E-state index in [-0.39, 0.29) is 11.6 Å². The molecular weight excluding hydrogens is 273 g/mol. The van der Waals surface area contributed by atoms with Crippen LogP contribution in [-0.2, 0) is 4.79 Å². The summed E-state index contributed by atoms with van der Waals surface area (Å²) in [5.41, 5.74) is 0.374. The molecule has 0 aromatic heterocycles. The van der Waals surface area contributed by atoms with E-state index in [2.05, 4.69) is 5.32 Å². The lowest BCUT2D eigenvalue weighted by Gasteiger charge is -2.16. The van der Waals surface area contributed by atoms with Crippen molar-refractivity contribution in [3.05, 3.63) is 41.2 Å². The normalized spacial score (nSPS) is 12.6. The van der Waals surface area contributed by atoms with E-state index in [1.54, 1.807) is 0 Å². The number of carboxylic acids is 1. The molecule has 0 saturated heterocycles. The fourth-order valence-corrected chi connectivity index (χ4v) is 2.06. The maximum Gasteiger partial charge on any atom is 0.328 e. The van der Waals surface area contributed by atoms with E-state index in [1.165, 1.54) is 18.2 Å². The fraction of sp³-hybridized carbons (Fsp3) is 0.375. The number of amides is 1. The molecule has 1 atom stereocenters. The second kappa shape index (κ2) is 7.57. The van der Waals surface area contributed by atoms with Crippen LogP contribution in [0.5, 0.6) is 0 Å². The van der Waals surface area contributed by atoms with E-state index in [1.807, 2.05) is 20.8 Å². The minimum Gasteiger partial charge on any atom is -0.478 e. The molecule has 21 heavy (non-hydrogen) atoms. The number of carbonyl (C=O) groups excluding carboxylic acids is 1. The number of carbonyl (C=O) groups is 2. The number of hydrogen-bond acceptors (Lipinski definition) is 2. The molecule has 2 N–H and O–H groups in total. The van der Waals surface area contributed by atoms with Crippen molar-refractivity contribution in [2.24, 2.45) is 5.92 Å². The first-order valence-corrected chi connectivity index (χ1v) is 6.81. The SMILES string of the molecule is CC(C)CC(C)NC(=O)c1cc(C=CC(=O)O)ccc1F. The van der Waals surface area contributed by atoms with Crippen molar-refractivity contribution < 1.29 is 19.1 Å². The van der Waals surface area contributed by atoms with Crippen molar-refractivity contribution in [2.45, 2.75) is 33.2 Å². The van der Waals surface area contributed by atoms with Gasteiger partial charge < -0.3 is 10.4 Å². The second-order valence-corrected chi connectivity index (χ2v) is 5.41. The molecule has 0 aliphatic carbocycles. The zero-order chi connectivity index (χ0) is 16.0. The molecule has 5 heteroatoms.